The van der Waals surface area contributed by atoms with Gasteiger partial charge in [0, 0.05) is 30.0 Å². The van der Waals surface area contributed by atoms with E-state index >= 15 is 0 Å². The van der Waals surface area contributed by atoms with Crippen molar-refractivity contribution in [2.75, 3.05) is 13.7 Å². The molecule has 0 saturated carbocycles. The van der Waals surface area contributed by atoms with Crippen molar-refractivity contribution in [3.63, 3.8) is 0 Å². The molecule has 39 heavy (non-hydrogen) atoms. The standard InChI is InChI=1S/C25H21ClF3N5O4S/c1-37-24-22(34-10-17(32-33-34)12-6-14(27)20(29)15(28)7-12)23(36)18(11-35)38-25(24)39-19-8-13(26)9-31-21(19)16-4-2-3-5-30-16/h2-10,18,22-25,35-36H,11H2,1H3/t18?,22?,23-,24?,25+/m0/s1. The lowest BCUT2D eigenvalue weighted by Crippen LogP contribution is -2.55. The minimum Gasteiger partial charge on any atom is -0.394 e. The minimum atomic E-state index is -1.60. The highest BCUT2D eigenvalue weighted by molar-refractivity contribution is 8.00. The van der Waals surface area contributed by atoms with Gasteiger partial charge in [0.1, 0.15) is 41.2 Å². The maximum absolute atomic E-state index is 13.8. The lowest BCUT2D eigenvalue weighted by Gasteiger charge is -2.43. The molecule has 0 spiro atoms. The van der Waals surface area contributed by atoms with Crippen LogP contribution >= 0.6 is 23.4 Å². The molecule has 4 aromatic rings. The minimum absolute atomic E-state index is 0.0302. The van der Waals surface area contributed by atoms with Gasteiger partial charge >= 0.3 is 0 Å². The molecule has 3 aromatic heterocycles. The number of ether oxygens (including phenoxy) is 2. The fourth-order valence-electron chi connectivity index (χ4n) is 4.30. The summed E-state index contributed by atoms with van der Waals surface area (Å²) in [6.07, 6.45) is 1.25. The lowest BCUT2D eigenvalue weighted by molar-refractivity contribution is -0.186. The smallest absolute Gasteiger partial charge is 0.194 e. The third-order valence-electron chi connectivity index (χ3n) is 6.16. The van der Waals surface area contributed by atoms with Crippen molar-refractivity contribution in [2.24, 2.45) is 0 Å². The number of nitrogens with zero attached hydrogens (tertiary/aromatic N) is 5. The van der Waals surface area contributed by atoms with Crippen molar-refractivity contribution >= 4 is 23.4 Å². The van der Waals surface area contributed by atoms with Crippen molar-refractivity contribution < 1.29 is 32.9 Å². The molecule has 1 aliphatic rings. The normalized spacial score (nSPS) is 23.2. The van der Waals surface area contributed by atoms with Crippen LogP contribution in [0.15, 0.2) is 59.9 Å². The zero-order valence-corrected chi connectivity index (χ0v) is 21.7. The Morgan fingerprint density at radius 3 is 2.56 bits per heavy atom. The first-order valence-corrected chi connectivity index (χ1v) is 12.8. The van der Waals surface area contributed by atoms with Crippen LogP contribution in [0.1, 0.15) is 6.04 Å². The van der Waals surface area contributed by atoms with Gasteiger partial charge in [-0.1, -0.05) is 34.6 Å². The highest BCUT2D eigenvalue weighted by atomic mass is 35.5. The zero-order valence-electron chi connectivity index (χ0n) is 20.2. The molecule has 2 N–H and O–H groups in total. The first kappa shape index (κ1) is 27.5. The lowest BCUT2D eigenvalue weighted by atomic mass is 9.97. The molecule has 5 atom stereocenters. The van der Waals surface area contributed by atoms with Gasteiger partial charge in [0.2, 0.25) is 0 Å². The van der Waals surface area contributed by atoms with Crippen molar-refractivity contribution in [1.29, 1.82) is 0 Å². The van der Waals surface area contributed by atoms with E-state index in [2.05, 4.69) is 20.3 Å². The molecular weight excluding hydrogens is 559 g/mol. The van der Waals surface area contributed by atoms with E-state index in [9.17, 15) is 23.4 Å². The Morgan fingerprint density at radius 2 is 1.90 bits per heavy atom. The third-order valence-corrected chi connectivity index (χ3v) is 7.55. The molecule has 4 heterocycles. The number of aromatic nitrogens is 5. The molecule has 1 saturated heterocycles. The Hall–Kier alpha value is -3.07. The molecule has 3 unspecified atom stereocenters. The quantitative estimate of drug-likeness (QED) is 0.315. The first-order chi connectivity index (χ1) is 18.8. The van der Waals surface area contributed by atoms with Gasteiger partial charge in [-0.25, -0.2) is 17.9 Å². The number of hydrogen-bond acceptors (Lipinski definition) is 9. The van der Waals surface area contributed by atoms with Crippen molar-refractivity contribution in [3.8, 4) is 22.6 Å². The topological polar surface area (TPSA) is 115 Å². The number of rotatable bonds is 7. The van der Waals surface area contributed by atoms with E-state index in [1.807, 2.05) is 6.07 Å². The van der Waals surface area contributed by atoms with Gasteiger partial charge < -0.3 is 19.7 Å². The van der Waals surface area contributed by atoms with E-state index in [1.54, 1.807) is 24.4 Å². The van der Waals surface area contributed by atoms with Crippen LogP contribution in [0.3, 0.4) is 0 Å². The van der Waals surface area contributed by atoms with Gasteiger partial charge in [-0.05, 0) is 30.3 Å². The number of hydrogen-bond donors (Lipinski definition) is 2. The first-order valence-electron chi connectivity index (χ1n) is 11.6. The van der Waals surface area contributed by atoms with Crippen LogP contribution in [0, 0.1) is 17.5 Å². The fourth-order valence-corrected chi connectivity index (χ4v) is 5.84. The second-order valence-corrected chi connectivity index (χ2v) is 10.2. The average Bonchev–Trinajstić information content (AvgIpc) is 3.42. The van der Waals surface area contributed by atoms with E-state index in [0.29, 0.717) is 21.3 Å². The number of aliphatic hydroxyl groups excluding tert-OH is 2. The SMILES string of the molecule is COC1C(n2cc(-c3cc(F)c(F)c(F)c3)nn2)[C@@H](O)C(CO)O[C@@H]1Sc1cc(Cl)cnc1-c1ccccn1. The summed E-state index contributed by atoms with van der Waals surface area (Å²) in [7, 11) is 1.42. The van der Waals surface area contributed by atoms with Gasteiger partial charge in [0.25, 0.3) is 0 Å². The van der Waals surface area contributed by atoms with E-state index in [4.69, 9.17) is 21.1 Å². The number of thioether (sulfide) groups is 1. The van der Waals surface area contributed by atoms with Crippen molar-refractivity contribution in [2.45, 2.75) is 34.7 Å². The van der Waals surface area contributed by atoms with Crippen LogP contribution in [-0.2, 0) is 9.47 Å². The van der Waals surface area contributed by atoms with E-state index in [0.717, 1.165) is 12.1 Å². The Balaban J connectivity index is 1.50. The highest BCUT2D eigenvalue weighted by Gasteiger charge is 2.47. The summed E-state index contributed by atoms with van der Waals surface area (Å²) in [4.78, 5) is 9.39. The Morgan fingerprint density at radius 1 is 1.13 bits per heavy atom. The summed E-state index contributed by atoms with van der Waals surface area (Å²) in [6, 6.07) is 7.71. The number of halogens is 4. The summed E-state index contributed by atoms with van der Waals surface area (Å²) < 4.78 is 54.1. The highest BCUT2D eigenvalue weighted by Crippen LogP contribution is 2.42. The monoisotopic (exact) mass is 579 g/mol. The molecule has 204 valence electrons. The summed E-state index contributed by atoms with van der Waals surface area (Å²) in [6.45, 7) is -0.526. The van der Waals surface area contributed by atoms with Crippen LogP contribution in [0.2, 0.25) is 5.02 Å². The molecule has 0 amide bonds. The summed E-state index contributed by atoms with van der Waals surface area (Å²) >= 11 is 7.44. The molecular formula is C25H21ClF3N5O4S. The van der Waals surface area contributed by atoms with Gasteiger partial charge in [-0.3, -0.25) is 9.97 Å². The average molecular weight is 580 g/mol. The maximum atomic E-state index is 13.8. The van der Waals surface area contributed by atoms with Crippen LogP contribution in [0.5, 0.6) is 0 Å². The van der Waals surface area contributed by atoms with Gasteiger partial charge in [-0.15, -0.1) is 5.10 Å². The number of aliphatic hydroxyl groups is 2. The molecule has 5 rings (SSSR count). The molecule has 14 heteroatoms. The molecule has 1 aromatic carbocycles. The number of benzene rings is 1. The summed E-state index contributed by atoms with van der Waals surface area (Å²) in [5.41, 5.74) is 0.300. The van der Waals surface area contributed by atoms with Gasteiger partial charge in [-0.2, -0.15) is 0 Å². The third kappa shape index (κ3) is 5.51. The Kier molecular flexibility index (Phi) is 8.16. The fraction of sp³-hybridized carbons (Fsp3) is 0.280. The van der Waals surface area contributed by atoms with Crippen molar-refractivity contribution in [3.05, 3.63) is 77.5 Å². The molecule has 1 aliphatic heterocycles. The summed E-state index contributed by atoms with van der Waals surface area (Å²) in [5, 5.41) is 29.4. The Bertz CT molecular complexity index is 1440. The zero-order chi connectivity index (χ0) is 27.7. The van der Waals surface area contributed by atoms with Crippen LogP contribution in [0.4, 0.5) is 13.2 Å². The van der Waals surface area contributed by atoms with Crippen molar-refractivity contribution in [1.82, 2.24) is 25.0 Å². The predicted octanol–water partition coefficient (Wildman–Crippen LogP) is 3.90. The van der Waals surface area contributed by atoms with Gasteiger partial charge in [0.15, 0.2) is 17.5 Å². The summed E-state index contributed by atoms with van der Waals surface area (Å²) in [5.74, 6) is -4.36. The molecule has 9 nitrogen and oxygen atoms in total. The van der Waals surface area contributed by atoms with E-state index < -0.39 is 53.8 Å². The largest absolute Gasteiger partial charge is 0.394 e. The Labute approximate surface area is 229 Å². The van der Waals surface area contributed by atoms with E-state index in [-0.39, 0.29) is 11.3 Å². The number of pyridine rings is 2. The molecule has 0 aliphatic carbocycles. The van der Waals surface area contributed by atoms with Gasteiger partial charge in [0.05, 0.1) is 23.5 Å². The van der Waals surface area contributed by atoms with E-state index in [1.165, 1.54) is 35.9 Å². The molecule has 0 bridgehead atoms. The number of methoxy groups -OCH3 is 1. The second kappa shape index (κ2) is 11.6. The second-order valence-electron chi connectivity index (χ2n) is 8.58. The van der Waals surface area contributed by atoms with Crippen LogP contribution < -0.4 is 0 Å². The molecule has 0 radical (unpaired) electrons. The molecule has 1 fully saturated rings. The maximum Gasteiger partial charge on any atom is 0.194 e. The van der Waals surface area contributed by atoms with Crippen LogP contribution in [0.25, 0.3) is 22.6 Å². The van der Waals surface area contributed by atoms with Crippen LogP contribution in [-0.4, -0.2) is 72.6 Å². The predicted molar refractivity (Wildman–Crippen MR) is 135 cm³/mol.